The smallest absolute Gasteiger partial charge is 0.308 e. The fourth-order valence-corrected chi connectivity index (χ4v) is 3.68. The molecule has 5 heteroatoms. The molecule has 0 aromatic heterocycles. The Labute approximate surface area is 181 Å². The summed E-state index contributed by atoms with van der Waals surface area (Å²) in [5, 5.41) is 10.3. The van der Waals surface area contributed by atoms with Crippen LogP contribution in [0.4, 0.5) is 0 Å². The van der Waals surface area contributed by atoms with Crippen LogP contribution in [0, 0.1) is 11.3 Å². The van der Waals surface area contributed by atoms with Gasteiger partial charge >= 0.3 is 5.97 Å². The molecule has 0 amide bonds. The molecule has 0 atom stereocenters. The topological polar surface area (TPSA) is 59.3 Å². The number of para-hydroxylation sites is 1. The SMILES string of the molecule is CC(=O)Oc1c(C#N)c(Oc2ccccc2)c(Cl)c(Cc2ccccc2)c1C(C)C. The van der Waals surface area contributed by atoms with Crippen molar-refractivity contribution in [3.05, 3.63) is 87.9 Å². The Kier molecular flexibility index (Phi) is 6.76. The standard InChI is InChI=1S/C25H22ClNO3/c1-16(2)22-20(14-18-10-6-4-7-11-18)23(26)25(30-19-12-8-5-9-13-19)21(15-27)24(22)29-17(3)28/h4-13,16H,14H2,1-3H3. The van der Waals surface area contributed by atoms with Crippen molar-refractivity contribution in [3.63, 3.8) is 0 Å². The summed E-state index contributed by atoms with van der Waals surface area (Å²) < 4.78 is 11.6. The van der Waals surface area contributed by atoms with Crippen molar-refractivity contribution in [2.45, 2.75) is 33.1 Å². The third-order valence-corrected chi connectivity index (χ3v) is 5.01. The number of esters is 1. The van der Waals surface area contributed by atoms with E-state index in [0.717, 1.165) is 16.7 Å². The molecule has 30 heavy (non-hydrogen) atoms. The maximum Gasteiger partial charge on any atom is 0.308 e. The summed E-state index contributed by atoms with van der Waals surface area (Å²) in [6.45, 7) is 5.27. The van der Waals surface area contributed by atoms with Crippen molar-refractivity contribution in [2.24, 2.45) is 0 Å². The van der Waals surface area contributed by atoms with Crippen LogP contribution in [0.3, 0.4) is 0 Å². The van der Waals surface area contributed by atoms with E-state index >= 15 is 0 Å². The molecule has 152 valence electrons. The number of hydrogen-bond acceptors (Lipinski definition) is 4. The molecule has 3 aromatic carbocycles. The molecule has 0 radical (unpaired) electrons. The van der Waals surface area contributed by atoms with E-state index in [9.17, 15) is 10.1 Å². The van der Waals surface area contributed by atoms with Gasteiger partial charge in [0.2, 0.25) is 0 Å². The number of carbonyl (C=O) groups is 1. The van der Waals surface area contributed by atoms with E-state index in [-0.39, 0.29) is 23.0 Å². The van der Waals surface area contributed by atoms with Crippen molar-refractivity contribution in [1.82, 2.24) is 0 Å². The molecule has 0 aliphatic heterocycles. The lowest BCUT2D eigenvalue weighted by molar-refractivity contribution is -0.131. The summed E-state index contributed by atoms with van der Waals surface area (Å²) in [6, 6.07) is 21.1. The van der Waals surface area contributed by atoms with E-state index in [1.54, 1.807) is 12.1 Å². The fraction of sp³-hybridized carbons (Fsp3) is 0.200. The first kappa shape index (κ1) is 21.4. The van der Waals surface area contributed by atoms with Crippen molar-refractivity contribution < 1.29 is 14.3 Å². The molecule has 4 nitrogen and oxygen atoms in total. The van der Waals surface area contributed by atoms with Crippen LogP contribution in [-0.4, -0.2) is 5.97 Å². The maximum atomic E-state index is 11.9. The van der Waals surface area contributed by atoms with E-state index in [1.807, 2.05) is 62.4 Å². The van der Waals surface area contributed by atoms with Crippen LogP contribution in [0.1, 0.15) is 48.9 Å². The highest BCUT2D eigenvalue weighted by atomic mass is 35.5. The van der Waals surface area contributed by atoms with Gasteiger partial charge in [0.25, 0.3) is 0 Å². The number of benzene rings is 3. The van der Waals surface area contributed by atoms with Crippen molar-refractivity contribution in [1.29, 1.82) is 5.26 Å². The van der Waals surface area contributed by atoms with Crippen molar-refractivity contribution in [3.8, 4) is 23.3 Å². The van der Waals surface area contributed by atoms with Gasteiger partial charge in [-0.25, -0.2) is 0 Å². The van der Waals surface area contributed by atoms with Crippen LogP contribution in [-0.2, 0) is 11.2 Å². The van der Waals surface area contributed by atoms with E-state index in [4.69, 9.17) is 21.1 Å². The van der Waals surface area contributed by atoms with Crippen LogP contribution in [0.15, 0.2) is 60.7 Å². The molecule has 3 aromatic rings. The predicted octanol–water partition coefficient (Wildman–Crippen LogP) is 6.64. The Balaban J connectivity index is 2.29. The molecule has 3 rings (SSSR count). The van der Waals surface area contributed by atoms with Crippen LogP contribution < -0.4 is 9.47 Å². The number of rotatable bonds is 6. The minimum Gasteiger partial charge on any atom is -0.454 e. The zero-order chi connectivity index (χ0) is 21.7. The molecule has 0 N–H and O–H groups in total. The summed E-state index contributed by atoms with van der Waals surface area (Å²) in [5.41, 5.74) is 2.67. The maximum absolute atomic E-state index is 11.9. The Morgan fingerprint density at radius 3 is 2.17 bits per heavy atom. The lowest BCUT2D eigenvalue weighted by Crippen LogP contribution is -2.11. The van der Waals surface area contributed by atoms with Gasteiger partial charge in [0.1, 0.15) is 17.4 Å². The number of halogens is 1. The quantitative estimate of drug-likeness (QED) is 0.331. The number of nitrogens with zero attached hydrogens (tertiary/aromatic N) is 1. The minimum absolute atomic E-state index is 0.0339. The Morgan fingerprint density at radius 1 is 1.03 bits per heavy atom. The molecular formula is C25H22ClNO3. The van der Waals surface area contributed by atoms with Crippen LogP contribution in [0.5, 0.6) is 17.2 Å². The van der Waals surface area contributed by atoms with Gasteiger partial charge in [-0.1, -0.05) is 74.0 Å². The van der Waals surface area contributed by atoms with Gasteiger partial charge in [-0.15, -0.1) is 0 Å². The van der Waals surface area contributed by atoms with Gasteiger partial charge in [-0.2, -0.15) is 5.26 Å². The molecule has 0 spiro atoms. The summed E-state index contributed by atoms with van der Waals surface area (Å²) >= 11 is 6.83. The monoisotopic (exact) mass is 419 g/mol. The molecule has 0 aliphatic rings. The Bertz CT molecular complexity index is 1090. The normalized spacial score (nSPS) is 10.5. The van der Waals surface area contributed by atoms with Gasteiger partial charge in [0.05, 0.1) is 5.02 Å². The molecule has 0 unspecified atom stereocenters. The first-order valence-electron chi connectivity index (χ1n) is 9.66. The minimum atomic E-state index is -0.507. The molecule has 0 bridgehead atoms. The highest BCUT2D eigenvalue weighted by molar-refractivity contribution is 6.33. The second-order valence-electron chi connectivity index (χ2n) is 7.18. The molecule has 0 aliphatic carbocycles. The third-order valence-electron chi connectivity index (χ3n) is 4.61. The van der Waals surface area contributed by atoms with Crippen LogP contribution >= 0.6 is 11.6 Å². The second-order valence-corrected chi connectivity index (χ2v) is 7.56. The van der Waals surface area contributed by atoms with Crippen LogP contribution in [0.25, 0.3) is 0 Å². The zero-order valence-electron chi connectivity index (χ0n) is 17.1. The van der Waals surface area contributed by atoms with E-state index in [1.165, 1.54) is 6.92 Å². The van der Waals surface area contributed by atoms with Gasteiger partial charge in [-0.3, -0.25) is 4.79 Å². The largest absolute Gasteiger partial charge is 0.454 e. The van der Waals surface area contributed by atoms with Crippen LogP contribution in [0.2, 0.25) is 5.02 Å². The summed E-state index contributed by atoms with van der Waals surface area (Å²) in [4.78, 5) is 11.9. The first-order valence-corrected chi connectivity index (χ1v) is 10.0. The number of nitriles is 1. The average Bonchev–Trinajstić information content (AvgIpc) is 2.72. The van der Waals surface area contributed by atoms with Gasteiger partial charge in [-0.05, 0) is 35.6 Å². The second kappa shape index (κ2) is 9.47. The number of ether oxygens (including phenoxy) is 2. The van der Waals surface area contributed by atoms with E-state index in [2.05, 4.69) is 6.07 Å². The van der Waals surface area contributed by atoms with Crippen molar-refractivity contribution in [2.75, 3.05) is 0 Å². The fourth-order valence-electron chi connectivity index (χ4n) is 3.38. The predicted molar refractivity (Wildman–Crippen MR) is 117 cm³/mol. The molecule has 0 saturated carbocycles. The van der Waals surface area contributed by atoms with Crippen molar-refractivity contribution >= 4 is 17.6 Å². The number of hydrogen-bond donors (Lipinski definition) is 0. The molecular weight excluding hydrogens is 398 g/mol. The zero-order valence-corrected chi connectivity index (χ0v) is 17.9. The van der Waals surface area contributed by atoms with E-state index < -0.39 is 5.97 Å². The highest BCUT2D eigenvalue weighted by Gasteiger charge is 2.28. The molecule has 0 fully saturated rings. The first-order chi connectivity index (χ1) is 14.4. The third kappa shape index (κ3) is 4.64. The highest BCUT2D eigenvalue weighted by Crippen LogP contribution is 2.47. The number of carbonyl (C=O) groups excluding carboxylic acids is 1. The summed E-state index contributed by atoms with van der Waals surface area (Å²) in [5.74, 6) is 0.395. The molecule has 0 heterocycles. The van der Waals surface area contributed by atoms with E-state index in [0.29, 0.717) is 17.2 Å². The average molecular weight is 420 g/mol. The lowest BCUT2D eigenvalue weighted by Gasteiger charge is -2.23. The lowest BCUT2D eigenvalue weighted by atomic mass is 9.89. The molecule has 0 saturated heterocycles. The Morgan fingerprint density at radius 2 is 1.63 bits per heavy atom. The van der Waals surface area contributed by atoms with Gasteiger partial charge < -0.3 is 9.47 Å². The Hall–Kier alpha value is -3.29. The summed E-state index contributed by atoms with van der Waals surface area (Å²) in [6.07, 6.45) is 0.512. The van der Waals surface area contributed by atoms with Gasteiger partial charge in [0.15, 0.2) is 11.5 Å². The summed E-state index contributed by atoms with van der Waals surface area (Å²) in [7, 11) is 0. The van der Waals surface area contributed by atoms with Gasteiger partial charge in [0, 0.05) is 12.5 Å².